The molecule has 0 saturated heterocycles. The monoisotopic (exact) mass is 302 g/mol. The smallest absolute Gasteiger partial charge is 0.748 e. The van der Waals surface area contributed by atoms with Crippen molar-refractivity contribution in [1.82, 2.24) is 0 Å². The van der Waals surface area contributed by atoms with Gasteiger partial charge in [-0.3, -0.25) is 9.59 Å². The van der Waals surface area contributed by atoms with Crippen molar-refractivity contribution in [3.63, 3.8) is 0 Å². The van der Waals surface area contributed by atoms with Crippen LogP contribution in [0, 0.1) is 5.92 Å². The number of allylic oxidation sites excluding steroid dienone is 1. The summed E-state index contributed by atoms with van der Waals surface area (Å²) < 4.78 is 28.8. The van der Waals surface area contributed by atoms with Crippen LogP contribution in [0.25, 0.3) is 0 Å². The van der Waals surface area contributed by atoms with Crippen LogP contribution in [0.4, 0.5) is 0 Å². The van der Waals surface area contributed by atoms with Crippen LogP contribution in [0.1, 0.15) is 12.8 Å². The zero-order chi connectivity index (χ0) is 14.8. The summed E-state index contributed by atoms with van der Waals surface area (Å²) in [7, 11) is -4.04. The molecule has 1 unspecified atom stereocenters. The van der Waals surface area contributed by atoms with Crippen molar-refractivity contribution in [3.8, 4) is 0 Å². The Bertz CT molecular complexity index is 402. The standard InChI is InChI=1S/C7H10O4.C3H6O3S.Na/c1-2-3-5(7(10)11)4-6(8)9;1-2-3-7(4,5)6;/h2,5H,1,3-4H2,(H,8,9)(H,10,11);2H,1,3H2,(H,4,5,6);/q;;+1/p-1. The van der Waals surface area contributed by atoms with Crippen molar-refractivity contribution in [2.45, 2.75) is 12.8 Å². The molecule has 0 spiro atoms. The van der Waals surface area contributed by atoms with Crippen molar-refractivity contribution in [1.29, 1.82) is 0 Å². The van der Waals surface area contributed by atoms with Crippen LogP contribution in [0.3, 0.4) is 0 Å². The summed E-state index contributed by atoms with van der Waals surface area (Å²) in [5.41, 5.74) is 0. The minimum Gasteiger partial charge on any atom is -0.748 e. The van der Waals surface area contributed by atoms with Gasteiger partial charge in [-0.1, -0.05) is 12.2 Å². The van der Waals surface area contributed by atoms with Crippen molar-refractivity contribution >= 4 is 22.1 Å². The first-order chi connectivity index (χ1) is 8.14. The van der Waals surface area contributed by atoms with E-state index in [-0.39, 0.29) is 42.4 Å². The van der Waals surface area contributed by atoms with Gasteiger partial charge in [0, 0.05) is 0 Å². The SMILES string of the molecule is C=CCC(CC(=O)O)C(=O)O.C=CCS(=O)(=O)[O-].[Na+]. The Morgan fingerprint density at radius 1 is 1.21 bits per heavy atom. The van der Waals surface area contributed by atoms with E-state index >= 15 is 0 Å². The number of carbonyl (C=O) groups is 2. The number of carboxylic acids is 2. The third kappa shape index (κ3) is 19.8. The number of hydrogen-bond acceptors (Lipinski definition) is 5. The Kier molecular flexibility index (Phi) is 15.2. The van der Waals surface area contributed by atoms with E-state index in [0.717, 1.165) is 6.08 Å². The van der Waals surface area contributed by atoms with E-state index in [0.29, 0.717) is 0 Å². The van der Waals surface area contributed by atoms with Gasteiger partial charge in [0.15, 0.2) is 0 Å². The number of carboxylic acid groups (broad SMARTS) is 2. The molecule has 0 aliphatic carbocycles. The predicted molar refractivity (Wildman–Crippen MR) is 63.0 cm³/mol. The van der Waals surface area contributed by atoms with Gasteiger partial charge in [-0.2, -0.15) is 0 Å². The second-order valence-corrected chi connectivity index (χ2v) is 4.62. The number of aliphatic carboxylic acids is 2. The fourth-order valence-electron chi connectivity index (χ4n) is 0.828. The van der Waals surface area contributed by atoms with E-state index in [4.69, 9.17) is 10.2 Å². The predicted octanol–water partition coefficient (Wildman–Crippen LogP) is -2.54. The molecule has 0 aliphatic rings. The van der Waals surface area contributed by atoms with E-state index in [1.165, 1.54) is 6.08 Å². The van der Waals surface area contributed by atoms with E-state index in [1.807, 2.05) is 0 Å². The van der Waals surface area contributed by atoms with E-state index in [1.54, 1.807) is 0 Å². The maximum atomic E-state index is 10.3. The number of rotatable bonds is 7. The largest absolute Gasteiger partial charge is 1.00 e. The quantitative estimate of drug-likeness (QED) is 0.301. The first-order valence-corrected chi connectivity index (χ1v) is 6.31. The summed E-state index contributed by atoms with van der Waals surface area (Å²) in [4.78, 5) is 20.4. The summed E-state index contributed by atoms with van der Waals surface area (Å²) >= 11 is 0. The van der Waals surface area contributed by atoms with Crippen molar-refractivity contribution in [3.05, 3.63) is 25.3 Å². The Hall–Kier alpha value is -0.670. The summed E-state index contributed by atoms with van der Waals surface area (Å²) in [5, 5.41) is 16.7. The number of hydrogen-bond donors (Lipinski definition) is 2. The fourth-order valence-corrected chi connectivity index (χ4v) is 1.12. The second-order valence-electron chi connectivity index (χ2n) is 3.17. The molecule has 0 bridgehead atoms. The molecule has 0 fully saturated rings. The van der Waals surface area contributed by atoms with Crippen molar-refractivity contribution in [2.24, 2.45) is 5.92 Å². The minimum atomic E-state index is -4.04. The summed E-state index contributed by atoms with van der Waals surface area (Å²) in [6.45, 7) is 6.40. The van der Waals surface area contributed by atoms with Crippen LogP contribution >= 0.6 is 0 Å². The molecule has 1 atom stereocenters. The summed E-state index contributed by atoms with van der Waals surface area (Å²) in [5.74, 6) is -3.51. The molecule has 2 N–H and O–H groups in total. The Morgan fingerprint density at radius 2 is 1.68 bits per heavy atom. The van der Waals surface area contributed by atoms with E-state index in [9.17, 15) is 22.6 Å². The molecule has 19 heavy (non-hydrogen) atoms. The average molecular weight is 302 g/mol. The van der Waals surface area contributed by atoms with Gasteiger partial charge < -0.3 is 14.8 Å². The molecule has 0 aromatic carbocycles. The van der Waals surface area contributed by atoms with Crippen LogP contribution in [0.5, 0.6) is 0 Å². The molecule has 0 radical (unpaired) electrons. The van der Waals surface area contributed by atoms with Gasteiger partial charge in [0.05, 0.1) is 28.2 Å². The van der Waals surface area contributed by atoms with Crippen molar-refractivity contribution < 1.29 is 62.3 Å². The summed E-state index contributed by atoms with van der Waals surface area (Å²) in [6.07, 6.45) is 2.31. The van der Waals surface area contributed by atoms with E-state index in [2.05, 4.69) is 13.2 Å². The van der Waals surface area contributed by atoms with Gasteiger partial charge in [0.2, 0.25) is 0 Å². The van der Waals surface area contributed by atoms with Crippen molar-refractivity contribution in [2.75, 3.05) is 5.75 Å². The van der Waals surface area contributed by atoms with Gasteiger partial charge in [0.25, 0.3) is 0 Å². The molecule has 9 heteroatoms. The molecule has 7 nitrogen and oxygen atoms in total. The van der Waals surface area contributed by atoms with Gasteiger partial charge in [0.1, 0.15) is 0 Å². The Balaban J connectivity index is -0.000000280. The molecule has 0 heterocycles. The first kappa shape index (κ1) is 23.4. The normalized spacial score (nSPS) is 11.0. The maximum absolute atomic E-state index is 10.3. The summed E-state index contributed by atoms with van der Waals surface area (Å²) in [6, 6.07) is 0. The Morgan fingerprint density at radius 3 is 1.84 bits per heavy atom. The minimum absolute atomic E-state index is 0. The molecule has 0 aliphatic heterocycles. The Labute approximate surface area is 134 Å². The van der Waals surface area contributed by atoms with Gasteiger partial charge in [-0.15, -0.1) is 13.2 Å². The molecule has 0 aromatic heterocycles. The first-order valence-electron chi connectivity index (χ1n) is 4.74. The molecule has 0 rings (SSSR count). The molecule has 0 aromatic rings. The topological polar surface area (TPSA) is 132 Å². The molecular formula is C10H15NaO7S. The van der Waals surface area contributed by atoms with Crippen LogP contribution in [0.2, 0.25) is 0 Å². The molecule has 104 valence electrons. The maximum Gasteiger partial charge on any atom is 1.00 e. The van der Waals surface area contributed by atoms with Crippen LogP contribution in [0.15, 0.2) is 25.3 Å². The second kappa shape index (κ2) is 12.4. The third-order valence-corrected chi connectivity index (χ3v) is 2.19. The zero-order valence-corrected chi connectivity index (χ0v) is 13.4. The van der Waals surface area contributed by atoms with Gasteiger partial charge in [-0.25, -0.2) is 8.42 Å². The van der Waals surface area contributed by atoms with Gasteiger partial charge >= 0.3 is 41.5 Å². The van der Waals surface area contributed by atoms with Crippen LogP contribution in [-0.2, 0) is 19.7 Å². The molecule has 0 saturated carbocycles. The van der Waals surface area contributed by atoms with Crippen LogP contribution in [-0.4, -0.2) is 40.9 Å². The fraction of sp³-hybridized carbons (Fsp3) is 0.400. The molecule has 0 amide bonds. The zero-order valence-electron chi connectivity index (χ0n) is 10.6. The van der Waals surface area contributed by atoms with Gasteiger partial charge in [-0.05, 0) is 6.42 Å². The average Bonchev–Trinajstić information content (AvgIpc) is 2.15. The van der Waals surface area contributed by atoms with Crippen LogP contribution < -0.4 is 29.6 Å². The third-order valence-electron chi connectivity index (χ3n) is 1.54. The van der Waals surface area contributed by atoms with E-state index < -0.39 is 33.7 Å². The molecular weight excluding hydrogens is 287 g/mol.